The highest BCUT2D eigenvalue weighted by Crippen LogP contribution is 2.33. The van der Waals surface area contributed by atoms with E-state index in [1.165, 1.54) is 22.4 Å². The Balaban J connectivity index is 1.28. The molecule has 0 fully saturated rings. The Morgan fingerprint density at radius 1 is 1.03 bits per heavy atom. The number of nitrogens with one attached hydrogen (secondary N) is 1. The highest BCUT2D eigenvalue weighted by atomic mass is 16.2. The smallest absolute Gasteiger partial charge is 0.258 e. The van der Waals surface area contributed by atoms with Crippen LogP contribution in [0.1, 0.15) is 21.5 Å². The molecule has 1 aromatic heterocycles. The SMILES string of the molecule is CN(C(=O)c1ccc(CN2CCc3cc(-c4cn[nH]c4)ccc32)cc1)c1ccccc1. The lowest BCUT2D eigenvalue weighted by Crippen LogP contribution is -2.26. The molecule has 0 saturated heterocycles. The summed E-state index contributed by atoms with van der Waals surface area (Å²) in [6.45, 7) is 1.84. The molecule has 5 heteroatoms. The number of nitrogens with zero attached hydrogens (tertiary/aromatic N) is 3. The molecule has 0 spiro atoms. The van der Waals surface area contributed by atoms with Crippen LogP contribution in [0.5, 0.6) is 0 Å². The molecule has 5 nitrogen and oxygen atoms in total. The van der Waals surface area contributed by atoms with E-state index in [1.807, 2.05) is 61.9 Å². The molecule has 0 unspecified atom stereocenters. The minimum Gasteiger partial charge on any atom is -0.367 e. The van der Waals surface area contributed by atoms with Crippen molar-refractivity contribution in [3.8, 4) is 11.1 Å². The zero-order valence-corrected chi connectivity index (χ0v) is 17.5. The van der Waals surface area contributed by atoms with Gasteiger partial charge in [0.1, 0.15) is 0 Å². The van der Waals surface area contributed by atoms with Gasteiger partial charge in [-0.25, -0.2) is 0 Å². The molecule has 1 amide bonds. The van der Waals surface area contributed by atoms with Crippen LogP contribution < -0.4 is 9.80 Å². The maximum Gasteiger partial charge on any atom is 0.258 e. The molecule has 1 aliphatic heterocycles. The summed E-state index contributed by atoms with van der Waals surface area (Å²) in [5.74, 6) is -0.00366. The summed E-state index contributed by atoms with van der Waals surface area (Å²) in [6.07, 6.45) is 4.82. The van der Waals surface area contributed by atoms with E-state index in [0.29, 0.717) is 5.56 Å². The van der Waals surface area contributed by atoms with Crippen molar-refractivity contribution in [1.29, 1.82) is 0 Å². The van der Waals surface area contributed by atoms with E-state index in [0.717, 1.165) is 30.8 Å². The molecule has 4 aromatic rings. The molecule has 31 heavy (non-hydrogen) atoms. The zero-order chi connectivity index (χ0) is 21.2. The Morgan fingerprint density at radius 2 is 1.84 bits per heavy atom. The van der Waals surface area contributed by atoms with Crippen LogP contribution in [-0.4, -0.2) is 29.7 Å². The Labute approximate surface area is 182 Å². The standard InChI is InChI=1S/C26H24N4O/c1-29(24-5-3-2-4-6-24)26(31)20-9-7-19(8-10-20)18-30-14-13-22-15-21(11-12-25(22)30)23-16-27-28-17-23/h2-12,15-17H,13-14,18H2,1H3,(H,27,28). The number of carbonyl (C=O) groups excluding carboxylic acids is 1. The average Bonchev–Trinajstić information content (AvgIpc) is 3.49. The lowest BCUT2D eigenvalue weighted by atomic mass is 10.0. The van der Waals surface area contributed by atoms with Crippen LogP contribution in [0, 0.1) is 0 Å². The molecule has 1 N–H and O–H groups in total. The maximum absolute atomic E-state index is 12.8. The fourth-order valence-electron chi connectivity index (χ4n) is 4.16. The average molecular weight is 409 g/mol. The Kier molecular flexibility index (Phi) is 5.00. The summed E-state index contributed by atoms with van der Waals surface area (Å²) < 4.78 is 0. The predicted octanol–water partition coefficient (Wildman–Crippen LogP) is 4.92. The third kappa shape index (κ3) is 3.82. The van der Waals surface area contributed by atoms with Crippen LogP contribution in [-0.2, 0) is 13.0 Å². The third-order valence-electron chi connectivity index (χ3n) is 5.93. The van der Waals surface area contributed by atoms with E-state index < -0.39 is 0 Å². The summed E-state index contributed by atoms with van der Waals surface area (Å²) in [7, 11) is 1.81. The van der Waals surface area contributed by atoms with Crippen LogP contribution >= 0.6 is 0 Å². The van der Waals surface area contributed by atoms with E-state index in [1.54, 1.807) is 4.90 Å². The monoisotopic (exact) mass is 408 g/mol. The van der Waals surface area contributed by atoms with Gasteiger partial charge in [-0.2, -0.15) is 5.10 Å². The molecule has 0 bridgehead atoms. The number of carbonyl (C=O) groups is 1. The Hall–Kier alpha value is -3.86. The van der Waals surface area contributed by atoms with Gasteiger partial charge in [-0.15, -0.1) is 0 Å². The van der Waals surface area contributed by atoms with E-state index >= 15 is 0 Å². The number of fused-ring (bicyclic) bond motifs is 1. The number of benzene rings is 3. The van der Waals surface area contributed by atoms with E-state index in [4.69, 9.17) is 0 Å². The van der Waals surface area contributed by atoms with Gasteiger partial charge in [0, 0.05) is 48.8 Å². The summed E-state index contributed by atoms with van der Waals surface area (Å²) in [5.41, 5.74) is 7.75. The second-order valence-corrected chi connectivity index (χ2v) is 7.90. The van der Waals surface area contributed by atoms with Crippen molar-refractivity contribution in [2.75, 3.05) is 23.4 Å². The molecular formula is C26H24N4O. The highest BCUT2D eigenvalue weighted by Gasteiger charge is 2.20. The summed E-state index contributed by atoms with van der Waals surface area (Å²) in [5, 5.41) is 6.93. The van der Waals surface area contributed by atoms with Crippen LogP contribution in [0.2, 0.25) is 0 Å². The first-order valence-electron chi connectivity index (χ1n) is 10.5. The quantitative estimate of drug-likeness (QED) is 0.510. The first-order chi connectivity index (χ1) is 15.2. The predicted molar refractivity (Wildman–Crippen MR) is 124 cm³/mol. The van der Waals surface area contributed by atoms with Crippen LogP contribution in [0.3, 0.4) is 0 Å². The van der Waals surface area contributed by atoms with Crippen molar-refractivity contribution in [3.05, 3.63) is 102 Å². The van der Waals surface area contributed by atoms with Gasteiger partial charge in [-0.1, -0.05) is 36.4 Å². The molecule has 3 aromatic carbocycles. The lowest BCUT2D eigenvalue weighted by Gasteiger charge is -2.20. The number of anilines is 2. The summed E-state index contributed by atoms with van der Waals surface area (Å²) >= 11 is 0. The highest BCUT2D eigenvalue weighted by molar-refractivity contribution is 6.05. The second kappa shape index (κ2) is 8.11. The zero-order valence-electron chi connectivity index (χ0n) is 17.5. The van der Waals surface area contributed by atoms with E-state index in [-0.39, 0.29) is 5.91 Å². The van der Waals surface area contributed by atoms with Gasteiger partial charge in [0.2, 0.25) is 0 Å². The molecule has 154 valence electrons. The number of hydrogen-bond donors (Lipinski definition) is 1. The van der Waals surface area contributed by atoms with Crippen molar-refractivity contribution in [3.63, 3.8) is 0 Å². The van der Waals surface area contributed by atoms with Gasteiger partial charge in [0.25, 0.3) is 5.91 Å². The van der Waals surface area contributed by atoms with Crippen LogP contribution in [0.25, 0.3) is 11.1 Å². The van der Waals surface area contributed by atoms with Crippen molar-refractivity contribution in [2.24, 2.45) is 0 Å². The lowest BCUT2D eigenvalue weighted by molar-refractivity contribution is 0.0993. The topological polar surface area (TPSA) is 52.2 Å². The Bertz CT molecular complexity index is 1180. The molecule has 5 rings (SSSR count). The first-order valence-corrected chi connectivity index (χ1v) is 10.5. The fourth-order valence-corrected chi connectivity index (χ4v) is 4.16. The summed E-state index contributed by atoms with van der Waals surface area (Å²) in [4.78, 5) is 16.9. The van der Waals surface area contributed by atoms with Crippen LogP contribution in [0.4, 0.5) is 11.4 Å². The molecule has 0 atom stereocenters. The van der Waals surface area contributed by atoms with Gasteiger partial charge in [0.15, 0.2) is 0 Å². The maximum atomic E-state index is 12.8. The normalized spacial score (nSPS) is 12.6. The van der Waals surface area contributed by atoms with Crippen molar-refractivity contribution < 1.29 is 4.79 Å². The number of aromatic amines is 1. The first kappa shape index (κ1) is 19.1. The van der Waals surface area contributed by atoms with Crippen molar-refractivity contribution in [1.82, 2.24) is 10.2 Å². The fraction of sp³-hybridized carbons (Fsp3) is 0.154. The summed E-state index contributed by atoms with van der Waals surface area (Å²) in [6, 6.07) is 24.3. The minimum atomic E-state index is -0.00366. The van der Waals surface area contributed by atoms with E-state index in [2.05, 4.69) is 45.4 Å². The minimum absolute atomic E-state index is 0.00366. The molecule has 2 heterocycles. The van der Waals surface area contributed by atoms with Crippen molar-refractivity contribution in [2.45, 2.75) is 13.0 Å². The number of H-pyrrole nitrogens is 1. The third-order valence-corrected chi connectivity index (χ3v) is 5.93. The van der Waals surface area contributed by atoms with Gasteiger partial charge in [0.05, 0.1) is 6.20 Å². The van der Waals surface area contributed by atoms with Crippen LogP contribution in [0.15, 0.2) is 85.2 Å². The van der Waals surface area contributed by atoms with Crippen molar-refractivity contribution >= 4 is 17.3 Å². The molecule has 0 saturated carbocycles. The Morgan fingerprint density at radius 3 is 2.58 bits per heavy atom. The van der Waals surface area contributed by atoms with E-state index in [9.17, 15) is 4.79 Å². The van der Waals surface area contributed by atoms with Gasteiger partial charge < -0.3 is 9.80 Å². The number of amides is 1. The van der Waals surface area contributed by atoms with Gasteiger partial charge in [-0.05, 0) is 59.5 Å². The van der Waals surface area contributed by atoms with Gasteiger partial charge >= 0.3 is 0 Å². The van der Waals surface area contributed by atoms with Gasteiger partial charge in [-0.3, -0.25) is 9.89 Å². The number of rotatable bonds is 5. The molecule has 0 aliphatic carbocycles. The molecule has 1 aliphatic rings. The number of para-hydroxylation sites is 1. The largest absolute Gasteiger partial charge is 0.367 e. The molecular weight excluding hydrogens is 384 g/mol. The number of aromatic nitrogens is 2. The molecule has 0 radical (unpaired) electrons. The second-order valence-electron chi connectivity index (χ2n) is 7.90. The number of hydrogen-bond acceptors (Lipinski definition) is 3.